The number of non-ortho nitro benzene ring substituents is 1. The first-order chi connectivity index (χ1) is 8.56. The second kappa shape index (κ2) is 5.45. The minimum absolute atomic E-state index is 0.00804. The van der Waals surface area contributed by atoms with E-state index in [0.717, 1.165) is 9.88 Å². The number of benzene rings is 1. The zero-order valence-electron chi connectivity index (χ0n) is 9.42. The maximum atomic E-state index is 10.7. The number of hydrogen-bond acceptors (Lipinski definition) is 5. The maximum Gasteiger partial charge on any atom is 0.273 e. The average Bonchev–Trinajstić information content (AvgIpc) is 2.74. The van der Waals surface area contributed by atoms with Gasteiger partial charge in [-0.05, 0) is 28.9 Å². The van der Waals surface area contributed by atoms with Gasteiger partial charge < -0.3 is 4.74 Å². The molecule has 1 aromatic carbocycles. The van der Waals surface area contributed by atoms with Crippen molar-refractivity contribution in [2.45, 2.75) is 13.5 Å². The quantitative estimate of drug-likeness (QED) is 0.634. The molecule has 0 bridgehead atoms. The van der Waals surface area contributed by atoms with Crippen molar-refractivity contribution in [3.63, 3.8) is 0 Å². The summed E-state index contributed by atoms with van der Waals surface area (Å²) in [6.45, 7) is 2.27. The van der Waals surface area contributed by atoms with E-state index in [1.165, 1.54) is 23.5 Å². The Bertz CT molecular complexity index is 585. The zero-order valence-corrected chi connectivity index (χ0v) is 11.8. The molecule has 0 radical (unpaired) electrons. The van der Waals surface area contributed by atoms with Gasteiger partial charge in [0.05, 0.1) is 25.3 Å². The monoisotopic (exact) mass is 328 g/mol. The third kappa shape index (κ3) is 3.05. The number of nitrogens with zero attached hydrogens (tertiary/aromatic N) is 2. The van der Waals surface area contributed by atoms with Gasteiger partial charge in [0.2, 0.25) is 0 Å². The van der Waals surface area contributed by atoms with Crippen molar-refractivity contribution >= 4 is 33.0 Å². The molecule has 5 nitrogen and oxygen atoms in total. The van der Waals surface area contributed by atoms with Crippen molar-refractivity contribution in [1.82, 2.24) is 4.98 Å². The van der Waals surface area contributed by atoms with Crippen LogP contribution in [0.2, 0.25) is 0 Å². The Morgan fingerprint density at radius 2 is 2.33 bits per heavy atom. The van der Waals surface area contributed by atoms with Crippen LogP contribution in [-0.2, 0) is 6.61 Å². The largest absolute Gasteiger partial charge is 0.487 e. The van der Waals surface area contributed by atoms with E-state index in [1.54, 1.807) is 12.3 Å². The van der Waals surface area contributed by atoms with Crippen molar-refractivity contribution < 1.29 is 9.66 Å². The highest BCUT2D eigenvalue weighted by Gasteiger charge is 2.11. The third-order valence-electron chi connectivity index (χ3n) is 2.16. The molecule has 0 aliphatic heterocycles. The number of nitro groups is 1. The van der Waals surface area contributed by atoms with Crippen LogP contribution in [0, 0.1) is 17.0 Å². The van der Waals surface area contributed by atoms with Gasteiger partial charge in [-0.2, -0.15) is 0 Å². The van der Waals surface area contributed by atoms with Crippen molar-refractivity contribution in [3.8, 4) is 5.75 Å². The Hall–Kier alpha value is -1.47. The first-order valence-corrected chi connectivity index (χ1v) is 6.65. The van der Waals surface area contributed by atoms with Gasteiger partial charge in [0.15, 0.2) is 0 Å². The normalized spacial score (nSPS) is 10.3. The molecule has 0 N–H and O–H groups in total. The van der Waals surface area contributed by atoms with Crippen LogP contribution >= 0.6 is 27.3 Å². The van der Waals surface area contributed by atoms with Gasteiger partial charge >= 0.3 is 0 Å². The molecule has 0 saturated heterocycles. The molecular weight excluding hydrogens is 320 g/mol. The molecule has 2 aromatic rings. The Kier molecular flexibility index (Phi) is 3.93. The number of ether oxygens (including phenoxy) is 1. The van der Waals surface area contributed by atoms with E-state index in [-0.39, 0.29) is 5.69 Å². The SMILES string of the molecule is Cc1ncc(COc2cc([N+](=O)[O-])ccc2Br)s1. The molecule has 1 aromatic heterocycles. The predicted molar refractivity (Wildman–Crippen MR) is 72.0 cm³/mol. The molecule has 0 amide bonds. The summed E-state index contributed by atoms with van der Waals surface area (Å²) in [5, 5.41) is 11.6. The average molecular weight is 329 g/mol. The molecule has 0 fully saturated rings. The summed E-state index contributed by atoms with van der Waals surface area (Å²) < 4.78 is 6.24. The highest BCUT2D eigenvalue weighted by molar-refractivity contribution is 9.10. The summed E-state index contributed by atoms with van der Waals surface area (Å²) >= 11 is 4.84. The molecular formula is C11H9BrN2O3S. The topological polar surface area (TPSA) is 65.3 Å². The fourth-order valence-corrected chi connectivity index (χ4v) is 2.41. The van der Waals surface area contributed by atoms with E-state index in [0.29, 0.717) is 16.8 Å². The van der Waals surface area contributed by atoms with E-state index in [4.69, 9.17) is 4.74 Å². The summed E-state index contributed by atoms with van der Waals surface area (Å²) in [4.78, 5) is 15.3. The summed E-state index contributed by atoms with van der Waals surface area (Å²) in [6, 6.07) is 4.43. The van der Waals surface area contributed by atoms with Gasteiger partial charge in [0.25, 0.3) is 5.69 Å². The molecule has 94 valence electrons. The molecule has 7 heteroatoms. The van der Waals surface area contributed by atoms with E-state index in [1.807, 2.05) is 6.92 Å². The fourth-order valence-electron chi connectivity index (χ4n) is 1.34. The minimum Gasteiger partial charge on any atom is -0.487 e. The Balaban J connectivity index is 2.13. The Labute approximate surface area is 116 Å². The first-order valence-electron chi connectivity index (χ1n) is 5.04. The number of aromatic nitrogens is 1. The van der Waals surface area contributed by atoms with Crippen LogP contribution in [0.3, 0.4) is 0 Å². The van der Waals surface area contributed by atoms with Gasteiger partial charge in [-0.3, -0.25) is 10.1 Å². The minimum atomic E-state index is -0.448. The summed E-state index contributed by atoms with van der Waals surface area (Å²) in [5.41, 5.74) is 0.00804. The van der Waals surface area contributed by atoms with Gasteiger partial charge in [-0.25, -0.2) is 4.98 Å². The predicted octanol–water partition coefficient (Wildman–Crippen LogP) is 3.70. The van der Waals surface area contributed by atoms with Crippen molar-refractivity contribution in [1.29, 1.82) is 0 Å². The van der Waals surface area contributed by atoms with Crippen molar-refractivity contribution in [3.05, 3.63) is 48.9 Å². The van der Waals surface area contributed by atoms with E-state index < -0.39 is 4.92 Å². The zero-order chi connectivity index (χ0) is 13.1. The van der Waals surface area contributed by atoms with Gasteiger partial charge in [-0.1, -0.05) is 0 Å². The van der Waals surface area contributed by atoms with Crippen LogP contribution in [0.1, 0.15) is 9.88 Å². The number of hydrogen-bond donors (Lipinski definition) is 0. The van der Waals surface area contributed by atoms with Crippen molar-refractivity contribution in [2.24, 2.45) is 0 Å². The summed E-state index contributed by atoms with van der Waals surface area (Å²) in [5.74, 6) is 0.454. The van der Waals surface area contributed by atoms with Crippen LogP contribution in [0.15, 0.2) is 28.9 Å². The Morgan fingerprint density at radius 3 is 2.94 bits per heavy atom. The second-order valence-corrected chi connectivity index (χ2v) is 5.68. The lowest BCUT2D eigenvalue weighted by atomic mass is 10.3. The summed E-state index contributed by atoms with van der Waals surface area (Å²) in [6.07, 6.45) is 1.74. The lowest BCUT2D eigenvalue weighted by Gasteiger charge is -2.06. The lowest BCUT2D eigenvalue weighted by Crippen LogP contribution is -1.95. The molecule has 0 spiro atoms. The third-order valence-corrected chi connectivity index (χ3v) is 3.71. The van der Waals surface area contributed by atoms with Gasteiger partial charge in [-0.15, -0.1) is 11.3 Å². The fraction of sp³-hybridized carbons (Fsp3) is 0.182. The van der Waals surface area contributed by atoms with Crippen LogP contribution in [0.4, 0.5) is 5.69 Å². The van der Waals surface area contributed by atoms with Crippen LogP contribution in [-0.4, -0.2) is 9.91 Å². The molecule has 0 aliphatic carbocycles. The number of halogens is 1. The van der Waals surface area contributed by atoms with Crippen LogP contribution in [0.25, 0.3) is 0 Å². The Morgan fingerprint density at radius 1 is 1.56 bits per heavy atom. The number of thiazole rings is 1. The smallest absolute Gasteiger partial charge is 0.273 e. The summed E-state index contributed by atoms with van der Waals surface area (Å²) in [7, 11) is 0. The van der Waals surface area contributed by atoms with Crippen LogP contribution < -0.4 is 4.74 Å². The molecule has 0 unspecified atom stereocenters. The molecule has 18 heavy (non-hydrogen) atoms. The maximum absolute atomic E-state index is 10.7. The van der Waals surface area contributed by atoms with Gasteiger partial charge in [0, 0.05) is 12.3 Å². The molecule has 2 rings (SSSR count). The standard InChI is InChI=1S/C11H9BrN2O3S/c1-7-13-5-9(18-7)6-17-11-4-8(14(15)16)2-3-10(11)12/h2-5H,6H2,1H3. The van der Waals surface area contributed by atoms with E-state index >= 15 is 0 Å². The second-order valence-electron chi connectivity index (χ2n) is 3.51. The molecule has 1 heterocycles. The highest BCUT2D eigenvalue weighted by atomic mass is 79.9. The molecule has 0 aliphatic rings. The number of aryl methyl sites for hydroxylation is 1. The van der Waals surface area contributed by atoms with Gasteiger partial charge in [0.1, 0.15) is 12.4 Å². The number of rotatable bonds is 4. The highest BCUT2D eigenvalue weighted by Crippen LogP contribution is 2.30. The number of nitro benzene ring substituents is 1. The lowest BCUT2D eigenvalue weighted by molar-refractivity contribution is -0.385. The van der Waals surface area contributed by atoms with E-state index in [2.05, 4.69) is 20.9 Å². The molecule has 0 atom stereocenters. The molecule has 0 saturated carbocycles. The van der Waals surface area contributed by atoms with Crippen LogP contribution in [0.5, 0.6) is 5.75 Å². The first kappa shape index (κ1) is 13.0. The van der Waals surface area contributed by atoms with Crippen molar-refractivity contribution in [2.75, 3.05) is 0 Å². The van der Waals surface area contributed by atoms with E-state index in [9.17, 15) is 10.1 Å².